The number of carboxylic acid groups (broad SMARTS) is 1. The molecule has 0 saturated carbocycles. The fourth-order valence-electron chi connectivity index (χ4n) is 1.75. The van der Waals surface area contributed by atoms with Crippen molar-refractivity contribution >= 4 is 29.1 Å². The Morgan fingerprint density at radius 1 is 1.50 bits per heavy atom. The molecule has 0 aliphatic rings. The van der Waals surface area contributed by atoms with Gasteiger partial charge < -0.3 is 9.67 Å². The van der Waals surface area contributed by atoms with Crippen molar-refractivity contribution in [3.05, 3.63) is 22.4 Å². The summed E-state index contributed by atoms with van der Waals surface area (Å²) in [5, 5.41) is 20.7. The molecule has 2 aromatic rings. The first kappa shape index (κ1) is 15.0. The van der Waals surface area contributed by atoms with E-state index in [4.69, 9.17) is 5.11 Å². The van der Waals surface area contributed by atoms with Crippen LogP contribution in [-0.4, -0.2) is 36.6 Å². The maximum atomic E-state index is 10.7. The summed E-state index contributed by atoms with van der Waals surface area (Å²) in [5.74, 6) is 0.274. The van der Waals surface area contributed by atoms with Crippen molar-refractivity contribution in [3.63, 3.8) is 0 Å². The first-order valence-electron chi connectivity index (χ1n) is 6.24. The average Bonchev–Trinajstić information content (AvgIpc) is 3.03. The van der Waals surface area contributed by atoms with Crippen LogP contribution in [0.1, 0.15) is 30.6 Å². The summed E-state index contributed by atoms with van der Waals surface area (Å²) in [7, 11) is 0. The van der Waals surface area contributed by atoms with Crippen LogP contribution in [0.2, 0.25) is 0 Å². The number of hydrogen-bond acceptors (Lipinski definition) is 6. The van der Waals surface area contributed by atoms with E-state index in [1.54, 1.807) is 17.5 Å². The highest BCUT2D eigenvalue weighted by Crippen LogP contribution is 2.22. The summed E-state index contributed by atoms with van der Waals surface area (Å²) in [6.45, 7) is 4.82. The van der Waals surface area contributed by atoms with Crippen molar-refractivity contribution in [2.45, 2.75) is 37.9 Å². The number of thioether (sulfide) groups is 1. The first-order chi connectivity index (χ1) is 9.58. The van der Waals surface area contributed by atoms with Crippen LogP contribution in [0.25, 0.3) is 0 Å². The molecule has 0 atom stereocenters. The minimum Gasteiger partial charge on any atom is -0.481 e. The van der Waals surface area contributed by atoms with Crippen molar-refractivity contribution in [1.82, 2.24) is 19.7 Å². The Hall–Kier alpha value is -1.41. The van der Waals surface area contributed by atoms with E-state index in [-0.39, 0.29) is 11.7 Å². The summed E-state index contributed by atoms with van der Waals surface area (Å²) in [5.41, 5.74) is 0. The van der Waals surface area contributed by atoms with Gasteiger partial charge in [0.15, 0.2) is 5.16 Å². The number of thiazole rings is 1. The number of aliphatic carboxylic acids is 1. The Bertz CT molecular complexity index is 566. The van der Waals surface area contributed by atoms with Crippen LogP contribution in [0.5, 0.6) is 0 Å². The molecule has 0 fully saturated rings. The predicted molar refractivity (Wildman–Crippen MR) is 78.3 cm³/mol. The van der Waals surface area contributed by atoms with Crippen molar-refractivity contribution in [2.75, 3.05) is 5.75 Å². The molecule has 6 nitrogen and oxygen atoms in total. The maximum Gasteiger partial charge on any atom is 0.313 e. The van der Waals surface area contributed by atoms with Crippen LogP contribution < -0.4 is 0 Å². The van der Waals surface area contributed by atoms with Gasteiger partial charge in [-0.15, -0.1) is 21.5 Å². The second kappa shape index (κ2) is 6.85. The third-order valence-corrected chi connectivity index (χ3v) is 4.41. The fourth-order valence-corrected chi connectivity index (χ4v) is 3.06. The summed E-state index contributed by atoms with van der Waals surface area (Å²) >= 11 is 2.82. The molecule has 8 heteroatoms. The highest BCUT2D eigenvalue weighted by atomic mass is 32.2. The molecule has 0 radical (unpaired) electrons. The zero-order chi connectivity index (χ0) is 14.5. The number of rotatable bonds is 7. The van der Waals surface area contributed by atoms with Gasteiger partial charge >= 0.3 is 5.97 Å². The van der Waals surface area contributed by atoms with Crippen LogP contribution >= 0.6 is 23.1 Å². The zero-order valence-corrected chi connectivity index (χ0v) is 12.9. The van der Waals surface area contributed by atoms with Crippen molar-refractivity contribution in [2.24, 2.45) is 0 Å². The van der Waals surface area contributed by atoms with Gasteiger partial charge in [-0.05, 0) is 0 Å². The van der Waals surface area contributed by atoms with Crippen LogP contribution in [0, 0.1) is 0 Å². The fraction of sp³-hybridized carbons (Fsp3) is 0.500. The van der Waals surface area contributed by atoms with E-state index < -0.39 is 5.97 Å². The smallest absolute Gasteiger partial charge is 0.313 e. The molecule has 2 rings (SSSR count). The van der Waals surface area contributed by atoms with Gasteiger partial charge in [0.1, 0.15) is 5.82 Å². The number of aromatic nitrogens is 4. The minimum absolute atomic E-state index is 0.00647. The standard InChI is InChI=1S/C12H16N4O2S2/c1-8(2)11-14-15-12(20-7-10(17)18)16(11)5-3-9-13-4-6-19-9/h4,6,8H,3,5,7H2,1-2H3,(H,17,18). The molecular formula is C12H16N4O2S2. The number of nitrogens with zero attached hydrogens (tertiary/aromatic N) is 4. The van der Waals surface area contributed by atoms with E-state index in [0.29, 0.717) is 5.16 Å². The van der Waals surface area contributed by atoms with Crippen molar-refractivity contribution < 1.29 is 9.90 Å². The average molecular weight is 312 g/mol. The Balaban J connectivity index is 2.13. The lowest BCUT2D eigenvalue weighted by Gasteiger charge is -2.10. The quantitative estimate of drug-likeness (QED) is 0.790. The molecule has 1 N–H and O–H groups in total. The van der Waals surface area contributed by atoms with E-state index in [1.807, 2.05) is 9.95 Å². The van der Waals surface area contributed by atoms with Gasteiger partial charge in [-0.2, -0.15) is 0 Å². The lowest BCUT2D eigenvalue weighted by atomic mass is 10.2. The molecule has 0 unspecified atom stereocenters. The van der Waals surface area contributed by atoms with E-state index in [1.165, 1.54) is 11.8 Å². The monoisotopic (exact) mass is 312 g/mol. The van der Waals surface area contributed by atoms with Gasteiger partial charge in [0.25, 0.3) is 0 Å². The molecular weight excluding hydrogens is 296 g/mol. The van der Waals surface area contributed by atoms with Crippen LogP contribution in [0.4, 0.5) is 0 Å². The SMILES string of the molecule is CC(C)c1nnc(SCC(=O)O)n1CCc1nccs1. The second-order valence-corrected chi connectivity index (χ2v) is 6.43. The summed E-state index contributed by atoms with van der Waals surface area (Å²) < 4.78 is 2.00. The van der Waals surface area contributed by atoms with Gasteiger partial charge in [-0.1, -0.05) is 25.6 Å². The Morgan fingerprint density at radius 3 is 2.90 bits per heavy atom. The predicted octanol–water partition coefficient (Wildman–Crippen LogP) is 2.28. The van der Waals surface area contributed by atoms with Gasteiger partial charge in [0, 0.05) is 30.5 Å². The number of aryl methyl sites for hydroxylation is 1. The first-order valence-corrected chi connectivity index (χ1v) is 8.10. The molecule has 20 heavy (non-hydrogen) atoms. The molecule has 2 aromatic heterocycles. The third kappa shape index (κ3) is 3.80. The second-order valence-electron chi connectivity index (χ2n) is 4.51. The number of hydrogen-bond donors (Lipinski definition) is 1. The summed E-state index contributed by atoms with van der Waals surface area (Å²) in [6.07, 6.45) is 2.59. The molecule has 0 aromatic carbocycles. The van der Waals surface area contributed by atoms with Crippen LogP contribution in [0.15, 0.2) is 16.7 Å². The highest BCUT2D eigenvalue weighted by molar-refractivity contribution is 7.99. The molecule has 0 aliphatic heterocycles. The minimum atomic E-state index is -0.851. The van der Waals surface area contributed by atoms with Crippen LogP contribution in [-0.2, 0) is 17.8 Å². The summed E-state index contributed by atoms with van der Waals surface area (Å²) in [4.78, 5) is 14.9. The molecule has 0 amide bonds. The molecule has 0 saturated heterocycles. The largest absolute Gasteiger partial charge is 0.481 e. The van der Waals surface area contributed by atoms with Gasteiger partial charge in [0.05, 0.1) is 10.8 Å². The van der Waals surface area contributed by atoms with Gasteiger partial charge in [-0.3, -0.25) is 4.79 Å². The molecule has 0 aliphatic carbocycles. The van der Waals surface area contributed by atoms with E-state index in [0.717, 1.165) is 23.8 Å². The van der Waals surface area contributed by atoms with Crippen molar-refractivity contribution in [3.8, 4) is 0 Å². The summed E-state index contributed by atoms with van der Waals surface area (Å²) in [6, 6.07) is 0. The molecule has 0 bridgehead atoms. The Kier molecular flexibility index (Phi) is 5.13. The van der Waals surface area contributed by atoms with Gasteiger partial charge in [0.2, 0.25) is 0 Å². The third-order valence-electron chi connectivity index (χ3n) is 2.62. The zero-order valence-electron chi connectivity index (χ0n) is 11.3. The Labute approximate surface area is 125 Å². The molecule has 2 heterocycles. The highest BCUT2D eigenvalue weighted by Gasteiger charge is 2.16. The van der Waals surface area contributed by atoms with Crippen LogP contribution in [0.3, 0.4) is 0 Å². The molecule has 0 spiro atoms. The normalized spacial score (nSPS) is 11.2. The lowest BCUT2D eigenvalue weighted by molar-refractivity contribution is -0.133. The number of carbonyl (C=O) groups is 1. The maximum absolute atomic E-state index is 10.7. The van der Waals surface area contributed by atoms with Gasteiger partial charge in [-0.25, -0.2) is 4.98 Å². The van der Waals surface area contributed by atoms with E-state index in [2.05, 4.69) is 29.0 Å². The lowest BCUT2D eigenvalue weighted by Crippen LogP contribution is -2.10. The van der Waals surface area contributed by atoms with Crippen molar-refractivity contribution in [1.29, 1.82) is 0 Å². The van der Waals surface area contributed by atoms with E-state index in [9.17, 15) is 4.79 Å². The topological polar surface area (TPSA) is 80.9 Å². The Morgan fingerprint density at radius 2 is 2.30 bits per heavy atom. The molecule has 108 valence electrons. The number of carboxylic acids is 1. The van der Waals surface area contributed by atoms with E-state index >= 15 is 0 Å².